The molecular formula is C16H16N8O2. The molecule has 26 heavy (non-hydrogen) atoms. The third-order valence-electron chi connectivity index (χ3n) is 4.12. The topological polar surface area (TPSA) is 113 Å². The second kappa shape index (κ2) is 6.45. The van der Waals surface area contributed by atoms with Crippen LogP contribution < -0.4 is 10.2 Å². The molecule has 0 saturated carbocycles. The highest BCUT2D eigenvalue weighted by Crippen LogP contribution is 2.18. The van der Waals surface area contributed by atoms with Crippen LogP contribution in [0.3, 0.4) is 0 Å². The van der Waals surface area contributed by atoms with E-state index in [4.69, 9.17) is 10.00 Å². The maximum absolute atomic E-state index is 12.7. The lowest BCUT2D eigenvalue weighted by molar-refractivity contribution is 0.102. The summed E-state index contributed by atoms with van der Waals surface area (Å²) in [6, 6.07) is 3.82. The van der Waals surface area contributed by atoms with E-state index in [2.05, 4.69) is 25.4 Å². The van der Waals surface area contributed by atoms with Crippen LogP contribution in [0.25, 0.3) is 5.65 Å². The number of aryl methyl sites for hydroxylation is 1. The van der Waals surface area contributed by atoms with Gasteiger partial charge in [-0.15, -0.1) is 0 Å². The zero-order valence-electron chi connectivity index (χ0n) is 14.1. The number of hydrogen-bond acceptors (Lipinski definition) is 7. The molecule has 1 aliphatic rings. The number of nitrogens with one attached hydrogen (secondary N) is 1. The van der Waals surface area contributed by atoms with Gasteiger partial charge >= 0.3 is 0 Å². The molecule has 1 amide bonds. The van der Waals surface area contributed by atoms with Crippen molar-refractivity contribution in [3.63, 3.8) is 0 Å². The summed E-state index contributed by atoms with van der Waals surface area (Å²) in [5.41, 5.74) is 1.28. The average molecular weight is 352 g/mol. The Hall–Kier alpha value is -3.45. The Labute approximate surface area is 148 Å². The molecule has 1 N–H and O–H groups in total. The van der Waals surface area contributed by atoms with Gasteiger partial charge in [0, 0.05) is 32.5 Å². The molecule has 132 valence electrons. The third-order valence-corrected chi connectivity index (χ3v) is 4.12. The zero-order valence-corrected chi connectivity index (χ0v) is 14.1. The summed E-state index contributed by atoms with van der Waals surface area (Å²) in [6.45, 7) is 2.80. The third kappa shape index (κ3) is 2.84. The highest BCUT2D eigenvalue weighted by Gasteiger charge is 2.19. The van der Waals surface area contributed by atoms with Gasteiger partial charge in [0.1, 0.15) is 17.5 Å². The summed E-state index contributed by atoms with van der Waals surface area (Å²) in [5, 5.41) is 20.0. The van der Waals surface area contributed by atoms with Gasteiger partial charge in [-0.05, 0) is 6.07 Å². The van der Waals surface area contributed by atoms with Crippen LogP contribution >= 0.6 is 0 Å². The summed E-state index contributed by atoms with van der Waals surface area (Å²) in [6.07, 6.45) is 4.81. The van der Waals surface area contributed by atoms with Crippen LogP contribution in [0.5, 0.6) is 0 Å². The van der Waals surface area contributed by atoms with E-state index in [1.165, 1.54) is 10.9 Å². The Morgan fingerprint density at radius 2 is 2.19 bits per heavy atom. The van der Waals surface area contributed by atoms with Gasteiger partial charge < -0.3 is 15.0 Å². The molecule has 0 radical (unpaired) electrons. The van der Waals surface area contributed by atoms with Gasteiger partial charge in [-0.3, -0.25) is 9.48 Å². The molecule has 0 atom stereocenters. The standard InChI is InChI=1S/C16H16N8O2/c1-22-10-13(12(8-17)21-22)19-16(25)11-9-18-24-3-2-14(20-15(11)24)23-4-6-26-7-5-23/h2-3,9-10H,4-7H2,1H3,(H,19,25). The van der Waals surface area contributed by atoms with Crippen LogP contribution in [0.4, 0.5) is 11.5 Å². The van der Waals surface area contributed by atoms with Gasteiger partial charge in [-0.2, -0.15) is 15.5 Å². The van der Waals surface area contributed by atoms with Crippen molar-refractivity contribution in [1.82, 2.24) is 24.4 Å². The molecule has 3 aromatic rings. The normalized spacial score (nSPS) is 14.4. The number of fused-ring (bicyclic) bond motifs is 1. The molecule has 4 heterocycles. The fourth-order valence-corrected chi connectivity index (χ4v) is 2.84. The van der Waals surface area contributed by atoms with Crippen LogP contribution in [0.15, 0.2) is 24.7 Å². The summed E-state index contributed by atoms with van der Waals surface area (Å²) < 4.78 is 8.38. The van der Waals surface area contributed by atoms with Gasteiger partial charge in [0.25, 0.3) is 5.91 Å². The van der Waals surface area contributed by atoms with Crippen molar-refractivity contribution >= 4 is 23.1 Å². The fourth-order valence-electron chi connectivity index (χ4n) is 2.84. The van der Waals surface area contributed by atoms with Crippen LogP contribution in [-0.2, 0) is 11.8 Å². The van der Waals surface area contributed by atoms with Crippen LogP contribution in [0, 0.1) is 11.3 Å². The van der Waals surface area contributed by atoms with E-state index < -0.39 is 5.91 Å². The molecule has 1 fully saturated rings. The van der Waals surface area contributed by atoms with E-state index in [0.717, 1.165) is 18.9 Å². The van der Waals surface area contributed by atoms with E-state index in [0.29, 0.717) is 30.1 Å². The highest BCUT2D eigenvalue weighted by molar-refractivity contribution is 6.08. The first-order valence-electron chi connectivity index (χ1n) is 8.08. The SMILES string of the molecule is Cn1cc(NC(=O)c2cnn3ccc(N4CCOCC4)nc23)c(C#N)n1. The number of ether oxygens (including phenoxy) is 1. The molecule has 0 bridgehead atoms. The number of anilines is 2. The maximum Gasteiger partial charge on any atom is 0.261 e. The number of aromatic nitrogens is 5. The van der Waals surface area contributed by atoms with Crippen molar-refractivity contribution in [2.24, 2.45) is 7.05 Å². The molecule has 10 heteroatoms. The van der Waals surface area contributed by atoms with Crippen molar-refractivity contribution in [3.8, 4) is 6.07 Å². The molecule has 0 aromatic carbocycles. The quantitative estimate of drug-likeness (QED) is 0.727. The van der Waals surface area contributed by atoms with E-state index >= 15 is 0 Å². The number of nitrogens with zero attached hydrogens (tertiary/aromatic N) is 7. The first-order chi connectivity index (χ1) is 12.7. The monoisotopic (exact) mass is 352 g/mol. The predicted octanol–water partition coefficient (Wildman–Crippen LogP) is 0.423. The zero-order chi connectivity index (χ0) is 18.1. The van der Waals surface area contributed by atoms with Gasteiger partial charge in [0.15, 0.2) is 11.3 Å². The molecule has 1 aliphatic heterocycles. The van der Waals surface area contributed by atoms with Crippen molar-refractivity contribution in [2.45, 2.75) is 0 Å². The number of rotatable bonds is 3. The molecule has 0 unspecified atom stereocenters. The molecule has 4 rings (SSSR count). The van der Waals surface area contributed by atoms with E-state index in [-0.39, 0.29) is 5.69 Å². The smallest absolute Gasteiger partial charge is 0.261 e. The first-order valence-corrected chi connectivity index (χ1v) is 8.08. The Kier molecular flexibility index (Phi) is 3.98. The van der Waals surface area contributed by atoms with Crippen molar-refractivity contribution in [3.05, 3.63) is 35.9 Å². The van der Waals surface area contributed by atoms with Gasteiger partial charge in [-0.25, -0.2) is 9.50 Å². The van der Waals surface area contributed by atoms with Crippen LogP contribution in [-0.4, -0.2) is 56.6 Å². The predicted molar refractivity (Wildman–Crippen MR) is 91.9 cm³/mol. The summed E-state index contributed by atoms with van der Waals surface area (Å²) in [5.74, 6) is 0.380. The Balaban J connectivity index is 1.65. The lowest BCUT2D eigenvalue weighted by Crippen LogP contribution is -2.36. The average Bonchev–Trinajstić information content (AvgIpc) is 3.24. The Morgan fingerprint density at radius 3 is 2.96 bits per heavy atom. The lowest BCUT2D eigenvalue weighted by Gasteiger charge is -2.27. The van der Waals surface area contributed by atoms with Gasteiger partial charge in [0.05, 0.1) is 25.1 Å². The number of morpholine rings is 1. The largest absolute Gasteiger partial charge is 0.378 e. The minimum Gasteiger partial charge on any atom is -0.378 e. The first kappa shape index (κ1) is 16.0. The number of amides is 1. The molecule has 0 aliphatic carbocycles. The molecule has 10 nitrogen and oxygen atoms in total. The second-order valence-corrected chi connectivity index (χ2v) is 5.84. The minimum atomic E-state index is -0.392. The lowest BCUT2D eigenvalue weighted by atomic mass is 10.3. The molecular weight excluding hydrogens is 336 g/mol. The Bertz CT molecular complexity index is 1010. The van der Waals surface area contributed by atoms with E-state index in [1.54, 1.807) is 24.0 Å². The van der Waals surface area contributed by atoms with Crippen LogP contribution in [0.1, 0.15) is 16.1 Å². The van der Waals surface area contributed by atoms with Crippen molar-refractivity contribution in [1.29, 1.82) is 5.26 Å². The molecule has 3 aromatic heterocycles. The van der Waals surface area contributed by atoms with E-state index in [1.807, 2.05) is 12.1 Å². The second-order valence-electron chi connectivity index (χ2n) is 5.84. The number of carbonyl (C=O) groups excluding carboxylic acids is 1. The van der Waals surface area contributed by atoms with Gasteiger partial charge in [-0.1, -0.05) is 0 Å². The van der Waals surface area contributed by atoms with Crippen molar-refractivity contribution in [2.75, 3.05) is 36.5 Å². The molecule has 0 spiro atoms. The number of carbonyl (C=O) groups is 1. The number of nitriles is 1. The van der Waals surface area contributed by atoms with Gasteiger partial charge in [0.2, 0.25) is 0 Å². The maximum atomic E-state index is 12.7. The summed E-state index contributed by atoms with van der Waals surface area (Å²) in [4.78, 5) is 19.4. The number of hydrogen-bond donors (Lipinski definition) is 1. The summed E-state index contributed by atoms with van der Waals surface area (Å²) >= 11 is 0. The summed E-state index contributed by atoms with van der Waals surface area (Å²) in [7, 11) is 1.68. The minimum absolute atomic E-state index is 0.152. The van der Waals surface area contributed by atoms with Crippen LogP contribution in [0.2, 0.25) is 0 Å². The Morgan fingerprint density at radius 1 is 1.38 bits per heavy atom. The fraction of sp³-hybridized carbons (Fsp3) is 0.312. The van der Waals surface area contributed by atoms with Crippen molar-refractivity contribution < 1.29 is 9.53 Å². The molecule has 1 saturated heterocycles. The van der Waals surface area contributed by atoms with E-state index in [9.17, 15) is 4.79 Å². The highest BCUT2D eigenvalue weighted by atomic mass is 16.5.